The van der Waals surface area contributed by atoms with Gasteiger partial charge in [0.25, 0.3) is 0 Å². The second-order valence-electron chi connectivity index (χ2n) is 8.69. The van der Waals surface area contributed by atoms with E-state index in [1.165, 1.54) is 56.3 Å². The van der Waals surface area contributed by atoms with Crippen LogP contribution in [-0.2, 0) is 0 Å². The highest BCUT2D eigenvalue weighted by Crippen LogP contribution is 2.44. The maximum absolute atomic E-state index is 13.5. The summed E-state index contributed by atoms with van der Waals surface area (Å²) < 4.78 is 40.2. The molecule has 1 saturated carbocycles. The quantitative estimate of drug-likeness (QED) is 0.277. The Morgan fingerprint density at radius 3 is 2.00 bits per heavy atom. The zero-order valence-corrected chi connectivity index (χ0v) is 17.2. The molecule has 1 aromatic rings. The minimum absolute atomic E-state index is 0.190. The molecular formula is C22H33F3Si. The molecule has 1 aliphatic heterocycles. The minimum Gasteiger partial charge on any atom is -0.204 e. The van der Waals surface area contributed by atoms with Gasteiger partial charge in [0.05, 0.1) is 0 Å². The van der Waals surface area contributed by atoms with Crippen molar-refractivity contribution >= 4 is 8.80 Å². The zero-order valence-electron chi connectivity index (χ0n) is 16.1. The van der Waals surface area contributed by atoms with Crippen molar-refractivity contribution in [1.29, 1.82) is 0 Å². The summed E-state index contributed by atoms with van der Waals surface area (Å²) in [5.74, 6) is -1.57. The van der Waals surface area contributed by atoms with Gasteiger partial charge in [-0.1, -0.05) is 57.2 Å². The second kappa shape index (κ2) is 9.43. The molecule has 3 rings (SSSR count). The summed E-state index contributed by atoms with van der Waals surface area (Å²) >= 11 is 0. The van der Waals surface area contributed by atoms with Crippen LogP contribution in [-0.4, -0.2) is 8.80 Å². The first-order valence-corrected chi connectivity index (χ1v) is 13.2. The lowest BCUT2D eigenvalue weighted by Crippen LogP contribution is -2.28. The van der Waals surface area contributed by atoms with Crippen LogP contribution in [0.15, 0.2) is 12.1 Å². The standard InChI is InChI=1S/C22H33F3Si/c1-2-3-4-11-26-12-9-18(10-13-26)16-5-7-17(8-6-16)19-14-20(23)22(25)21(24)15-19/h14-18,26H,2-13H2,1H3/t16?,17?,18-,26-. The summed E-state index contributed by atoms with van der Waals surface area (Å²) in [6.07, 6.45) is 11.3. The third-order valence-corrected chi connectivity index (χ3v) is 10.5. The van der Waals surface area contributed by atoms with E-state index in [1.54, 1.807) is 6.04 Å². The largest absolute Gasteiger partial charge is 0.204 e. The molecule has 0 radical (unpaired) electrons. The molecule has 0 spiro atoms. The number of halogens is 3. The fraction of sp³-hybridized carbons (Fsp3) is 0.727. The van der Waals surface area contributed by atoms with E-state index in [2.05, 4.69) is 6.92 Å². The van der Waals surface area contributed by atoms with Crippen LogP contribution in [0.2, 0.25) is 18.1 Å². The zero-order chi connectivity index (χ0) is 18.5. The first-order valence-electron chi connectivity index (χ1n) is 10.7. The van der Waals surface area contributed by atoms with Crippen molar-refractivity contribution < 1.29 is 13.2 Å². The Morgan fingerprint density at radius 1 is 0.846 bits per heavy atom. The van der Waals surface area contributed by atoms with Gasteiger partial charge in [0.1, 0.15) is 0 Å². The Morgan fingerprint density at radius 2 is 1.42 bits per heavy atom. The predicted octanol–water partition coefficient (Wildman–Crippen LogP) is 7.21. The summed E-state index contributed by atoms with van der Waals surface area (Å²) in [6.45, 7) is 2.28. The van der Waals surface area contributed by atoms with Gasteiger partial charge in [-0.15, -0.1) is 0 Å². The maximum Gasteiger partial charge on any atom is 0.194 e. The van der Waals surface area contributed by atoms with Crippen LogP contribution in [0.3, 0.4) is 0 Å². The number of benzene rings is 1. The first-order chi connectivity index (χ1) is 12.6. The molecule has 2 aliphatic rings. The fourth-order valence-corrected chi connectivity index (χ4v) is 8.90. The van der Waals surface area contributed by atoms with Gasteiger partial charge >= 0.3 is 0 Å². The summed E-state index contributed by atoms with van der Waals surface area (Å²) in [4.78, 5) is 0. The molecule has 26 heavy (non-hydrogen) atoms. The van der Waals surface area contributed by atoms with Crippen molar-refractivity contribution in [2.75, 3.05) is 0 Å². The number of hydrogen-bond acceptors (Lipinski definition) is 0. The van der Waals surface area contributed by atoms with E-state index in [0.717, 1.165) is 37.5 Å². The summed E-state index contributed by atoms with van der Waals surface area (Å²) in [5, 5.41) is 0. The molecule has 2 fully saturated rings. The summed E-state index contributed by atoms with van der Waals surface area (Å²) in [6, 6.07) is 7.02. The monoisotopic (exact) mass is 382 g/mol. The van der Waals surface area contributed by atoms with Crippen LogP contribution in [0, 0.1) is 29.3 Å². The van der Waals surface area contributed by atoms with Crippen LogP contribution in [0.4, 0.5) is 13.2 Å². The first kappa shape index (κ1) is 20.0. The van der Waals surface area contributed by atoms with Crippen LogP contribution in [0.5, 0.6) is 0 Å². The lowest BCUT2D eigenvalue weighted by molar-refractivity contribution is 0.216. The van der Waals surface area contributed by atoms with Gasteiger partial charge < -0.3 is 0 Å². The average Bonchev–Trinajstić information content (AvgIpc) is 2.67. The van der Waals surface area contributed by atoms with E-state index in [1.807, 2.05) is 0 Å². The third-order valence-electron chi connectivity index (χ3n) is 7.02. The Bertz CT molecular complexity index is 550. The number of unbranched alkanes of at least 4 members (excludes halogenated alkanes) is 2. The SMILES string of the molecule is CCCCC[Si@H]1CC[C@H](C2CCC(c3cc(F)c(F)c(F)c3)CC2)CC1. The number of hydrogen-bond donors (Lipinski definition) is 0. The van der Waals surface area contributed by atoms with E-state index in [0.29, 0.717) is 5.56 Å². The van der Waals surface area contributed by atoms with E-state index in [9.17, 15) is 13.2 Å². The van der Waals surface area contributed by atoms with E-state index in [4.69, 9.17) is 0 Å². The molecule has 0 N–H and O–H groups in total. The molecule has 1 heterocycles. The van der Waals surface area contributed by atoms with Crippen molar-refractivity contribution in [2.45, 2.75) is 88.8 Å². The topological polar surface area (TPSA) is 0 Å². The highest BCUT2D eigenvalue weighted by Gasteiger charge is 2.32. The lowest BCUT2D eigenvalue weighted by atomic mass is 9.72. The maximum atomic E-state index is 13.5. The highest BCUT2D eigenvalue weighted by atomic mass is 28.3. The van der Waals surface area contributed by atoms with Gasteiger partial charge in [0.15, 0.2) is 17.5 Å². The van der Waals surface area contributed by atoms with Crippen LogP contribution in [0.1, 0.15) is 76.2 Å². The van der Waals surface area contributed by atoms with Crippen LogP contribution in [0.25, 0.3) is 0 Å². The molecule has 1 saturated heterocycles. The van der Waals surface area contributed by atoms with Crippen molar-refractivity contribution in [2.24, 2.45) is 11.8 Å². The molecule has 0 atom stereocenters. The van der Waals surface area contributed by atoms with Crippen molar-refractivity contribution in [3.05, 3.63) is 35.1 Å². The third kappa shape index (κ3) is 4.93. The molecule has 0 nitrogen and oxygen atoms in total. The van der Waals surface area contributed by atoms with Gasteiger partial charge in [-0.25, -0.2) is 13.2 Å². The van der Waals surface area contributed by atoms with E-state index < -0.39 is 26.2 Å². The smallest absolute Gasteiger partial charge is 0.194 e. The van der Waals surface area contributed by atoms with Crippen molar-refractivity contribution in [1.82, 2.24) is 0 Å². The lowest BCUT2D eigenvalue weighted by Gasteiger charge is -2.37. The Hall–Kier alpha value is -0.773. The Labute approximate surface area is 158 Å². The summed E-state index contributed by atoms with van der Waals surface area (Å²) in [5.41, 5.74) is 0.645. The number of rotatable bonds is 6. The second-order valence-corrected chi connectivity index (χ2v) is 12.2. The molecule has 146 valence electrons. The Balaban J connectivity index is 1.46. The predicted molar refractivity (Wildman–Crippen MR) is 105 cm³/mol. The van der Waals surface area contributed by atoms with Crippen molar-refractivity contribution in [3.8, 4) is 0 Å². The molecule has 1 aliphatic carbocycles. The molecule has 0 amide bonds. The van der Waals surface area contributed by atoms with Crippen LogP contribution >= 0.6 is 0 Å². The van der Waals surface area contributed by atoms with Gasteiger partial charge in [-0.2, -0.15) is 0 Å². The minimum atomic E-state index is -1.35. The molecule has 1 aromatic carbocycles. The summed E-state index contributed by atoms with van der Waals surface area (Å²) in [7, 11) is -0.447. The highest BCUT2D eigenvalue weighted by molar-refractivity contribution is 6.58. The van der Waals surface area contributed by atoms with Gasteiger partial charge in [0.2, 0.25) is 0 Å². The van der Waals surface area contributed by atoms with Gasteiger partial charge in [-0.3, -0.25) is 0 Å². The molecule has 0 aromatic heterocycles. The van der Waals surface area contributed by atoms with E-state index in [-0.39, 0.29) is 5.92 Å². The molecule has 4 heteroatoms. The van der Waals surface area contributed by atoms with Crippen LogP contribution < -0.4 is 0 Å². The fourth-order valence-electron chi connectivity index (χ4n) is 5.37. The molecular weight excluding hydrogens is 349 g/mol. The normalized spacial score (nSPS) is 29.7. The van der Waals surface area contributed by atoms with E-state index >= 15 is 0 Å². The molecule has 0 bridgehead atoms. The molecule has 0 unspecified atom stereocenters. The van der Waals surface area contributed by atoms with Crippen molar-refractivity contribution in [3.63, 3.8) is 0 Å². The van der Waals surface area contributed by atoms with Gasteiger partial charge in [-0.05, 0) is 61.1 Å². The Kier molecular flexibility index (Phi) is 7.25. The van der Waals surface area contributed by atoms with Gasteiger partial charge in [0, 0.05) is 8.80 Å². The average molecular weight is 383 g/mol.